The van der Waals surface area contributed by atoms with E-state index in [9.17, 15) is 0 Å². The second-order valence-electron chi connectivity index (χ2n) is 6.14. The summed E-state index contributed by atoms with van der Waals surface area (Å²) in [6, 6.07) is 17.8. The summed E-state index contributed by atoms with van der Waals surface area (Å²) < 4.78 is 0. The Morgan fingerprint density at radius 3 is 2.73 bits per heavy atom. The van der Waals surface area contributed by atoms with Crippen LogP contribution in [0.5, 0.6) is 0 Å². The van der Waals surface area contributed by atoms with Crippen LogP contribution in [-0.4, -0.2) is 19.0 Å². The lowest BCUT2D eigenvalue weighted by atomic mass is 9.92. The Morgan fingerprint density at radius 2 is 1.95 bits per heavy atom. The fourth-order valence-electron chi connectivity index (χ4n) is 3.68. The van der Waals surface area contributed by atoms with Crippen LogP contribution in [0.3, 0.4) is 0 Å². The Bertz CT molecular complexity index is 706. The van der Waals surface area contributed by atoms with Gasteiger partial charge in [-0.3, -0.25) is 4.99 Å². The highest BCUT2D eigenvalue weighted by Crippen LogP contribution is 2.43. The zero-order valence-corrected chi connectivity index (χ0v) is 12.8. The van der Waals surface area contributed by atoms with E-state index in [0.717, 1.165) is 25.5 Å². The highest BCUT2D eigenvalue weighted by molar-refractivity contribution is 5.82. The molecule has 0 bridgehead atoms. The number of fused-ring (bicyclic) bond motifs is 1. The van der Waals surface area contributed by atoms with Crippen LogP contribution in [0.2, 0.25) is 0 Å². The van der Waals surface area contributed by atoms with Gasteiger partial charge in [0, 0.05) is 12.5 Å². The first-order chi connectivity index (χ1) is 10.8. The molecule has 0 aromatic heterocycles. The molecule has 2 atom stereocenters. The SMILES string of the molecule is Cc1cccc2c1C[C@H](c1ccccc1)[C@@H]2NC1=NCCN1. The summed E-state index contributed by atoms with van der Waals surface area (Å²) in [6.45, 7) is 4.02. The van der Waals surface area contributed by atoms with Crippen LogP contribution < -0.4 is 10.6 Å². The molecule has 3 heteroatoms. The minimum Gasteiger partial charge on any atom is -0.355 e. The second-order valence-corrected chi connectivity index (χ2v) is 6.14. The zero-order valence-electron chi connectivity index (χ0n) is 12.8. The van der Waals surface area contributed by atoms with Crippen LogP contribution >= 0.6 is 0 Å². The van der Waals surface area contributed by atoms with E-state index in [1.54, 1.807) is 0 Å². The summed E-state index contributed by atoms with van der Waals surface area (Å²) in [7, 11) is 0. The number of nitrogens with zero attached hydrogens (tertiary/aromatic N) is 1. The molecule has 0 saturated heterocycles. The van der Waals surface area contributed by atoms with Gasteiger partial charge in [0.05, 0.1) is 12.6 Å². The topological polar surface area (TPSA) is 36.4 Å². The molecule has 2 aliphatic rings. The van der Waals surface area contributed by atoms with Crippen molar-refractivity contribution in [1.29, 1.82) is 0 Å². The van der Waals surface area contributed by atoms with E-state index >= 15 is 0 Å². The van der Waals surface area contributed by atoms with E-state index in [-0.39, 0.29) is 0 Å². The molecule has 1 heterocycles. The number of aryl methyl sites for hydroxylation is 1. The molecule has 0 unspecified atom stereocenters. The highest BCUT2D eigenvalue weighted by atomic mass is 15.2. The van der Waals surface area contributed by atoms with Gasteiger partial charge in [0.15, 0.2) is 5.96 Å². The van der Waals surface area contributed by atoms with E-state index in [2.05, 4.69) is 71.1 Å². The van der Waals surface area contributed by atoms with Gasteiger partial charge in [-0.25, -0.2) is 0 Å². The first-order valence-corrected chi connectivity index (χ1v) is 8.01. The van der Waals surface area contributed by atoms with Crippen molar-refractivity contribution in [2.75, 3.05) is 13.1 Å². The Morgan fingerprint density at radius 1 is 1.09 bits per heavy atom. The molecule has 0 spiro atoms. The number of rotatable bonds is 2. The molecule has 2 aromatic carbocycles. The monoisotopic (exact) mass is 291 g/mol. The first kappa shape index (κ1) is 13.4. The van der Waals surface area contributed by atoms with Crippen molar-refractivity contribution in [2.24, 2.45) is 4.99 Å². The van der Waals surface area contributed by atoms with Gasteiger partial charge >= 0.3 is 0 Å². The van der Waals surface area contributed by atoms with Crippen LogP contribution in [0.1, 0.15) is 34.2 Å². The van der Waals surface area contributed by atoms with E-state index in [4.69, 9.17) is 0 Å². The smallest absolute Gasteiger partial charge is 0.191 e. The number of hydrogen-bond acceptors (Lipinski definition) is 3. The highest BCUT2D eigenvalue weighted by Gasteiger charge is 2.35. The molecule has 3 nitrogen and oxygen atoms in total. The van der Waals surface area contributed by atoms with E-state index in [1.165, 1.54) is 22.3 Å². The molecule has 4 rings (SSSR count). The molecular formula is C19H21N3. The number of aliphatic imine (C=N–C) groups is 1. The number of hydrogen-bond donors (Lipinski definition) is 2. The van der Waals surface area contributed by atoms with Gasteiger partial charge in [0.1, 0.15) is 0 Å². The van der Waals surface area contributed by atoms with Gasteiger partial charge in [0.2, 0.25) is 0 Å². The van der Waals surface area contributed by atoms with Crippen molar-refractivity contribution in [3.8, 4) is 0 Å². The molecular weight excluding hydrogens is 270 g/mol. The Balaban J connectivity index is 1.73. The van der Waals surface area contributed by atoms with Crippen LogP contribution in [0.4, 0.5) is 0 Å². The molecule has 22 heavy (non-hydrogen) atoms. The third-order valence-corrected chi connectivity index (χ3v) is 4.80. The van der Waals surface area contributed by atoms with Crippen molar-refractivity contribution in [2.45, 2.75) is 25.3 Å². The van der Waals surface area contributed by atoms with Crippen LogP contribution in [0.15, 0.2) is 53.5 Å². The zero-order chi connectivity index (χ0) is 14.9. The fourth-order valence-corrected chi connectivity index (χ4v) is 3.68. The van der Waals surface area contributed by atoms with Gasteiger partial charge in [-0.1, -0.05) is 48.5 Å². The fraction of sp³-hybridized carbons (Fsp3) is 0.316. The maximum absolute atomic E-state index is 4.52. The molecule has 0 fully saturated rings. The lowest BCUT2D eigenvalue weighted by Gasteiger charge is -2.23. The molecule has 112 valence electrons. The average Bonchev–Trinajstić information content (AvgIpc) is 3.18. The lowest BCUT2D eigenvalue weighted by Crippen LogP contribution is -2.37. The standard InChI is InChI=1S/C19H21N3/c1-13-6-5-9-15-16(13)12-17(14-7-3-2-4-8-14)18(15)22-19-20-10-11-21-19/h2-9,17-18H,10-12H2,1H3,(H2,20,21,22)/t17-,18-/m1/s1. The maximum atomic E-state index is 4.52. The summed E-state index contributed by atoms with van der Waals surface area (Å²) >= 11 is 0. The van der Waals surface area contributed by atoms with Crippen molar-refractivity contribution < 1.29 is 0 Å². The number of benzene rings is 2. The van der Waals surface area contributed by atoms with E-state index < -0.39 is 0 Å². The van der Waals surface area contributed by atoms with E-state index in [1.807, 2.05) is 0 Å². The third-order valence-electron chi connectivity index (χ3n) is 4.80. The minimum atomic E-state index is 0.293. The predicted octanol–water partition coefficient (Wildman–Crippen LogP) is 2.92. The Hall–Kier alpha value is -2.29. The minimum absolute atomic E-state index is 0.293. The number of guanidine groups is 1. The van der Waals surface area contributed by atoms with Crippen molar-refractivity contribution in [1.82, 2.24) is 10.6 Å². The summed E-state index contributed by atoms with van der Waals surface area (Å²) in [5.41, 5.74) is 5.70. The third kappa shape index (κ3) is 2.27. The van der Waals surface area contributed by atoms with Gasteiger partial charge < -0.3 is 10.6 Å². The summed E-state index contributed by atoms with van der Waals surface area (Å²) in [5.74, 6) is 1.41. The van der Waals surface area contributed by atoms with Gasteiger partial charge in [-0.2, -0.15) is 0 Å². The van der Waals surface area contributed by atoms with Gasteiger partial charge in [-0.15, -0.1) is 0 Å². The Labute approximate surface area is 131 Å². The van der Waals surface area contributed by atoms with Crippen LogP contribution in [0, 0.1) is 6.92 Å². The maximum Gasteiger partial charge on any atom is 0.191 e. The average molecular weight is 291 g/mol. The van der Waals surface area contributed by atoms with Crippen molar-refractivity contribution >= 4 is 5.96 Å². The quantitative estimate of drug-likeness (QED) is 0.892. The van der Waals surface area contributed by atoms with Crippen LogP contribution in [-0.2, 0) is 6.42 Å². The van der Waals surface area contributed by atoms with Crippen LogP contribution in [0.25, 0.3) is 0 Å². The van der Waals surface area contributed by atoms with Crippen molar-refractivity contribution in [3.05, 3.63) is 70.8 Å². The normalized spacial score (nSPS) is 22.9. The van der Waals surface area contributed by atoms with Gasteiger partial charge in [-0.05, 0) is 35.6 Å². The Kier molecular flexibility index (Phi) is 3.34. The largest absolute Gasteiger partial charge is 0.355 e. The second kappa shape index (κ2) is 5.48. The lowest BCUT2D eigenvalue weighted by molar-refractivity contribution is 0.546. The summed E-state index contributed by atoms with van der Waals surface area (Å²) in [4.78, 5) is 4.52. The molecule has 0 radical (unpaired) electrons. The molecule has 0 saturated carbocycles. The molecule has 2 aromatic rings. The summed E-state index contributed by atoms with van der Waals surface area (Å²) in [6.07, 6.45) is 1.09. The predicted molar refractivity (Wildman–Crippen MR) is 90.2 cm³/mol. The number of nitrogens with one attached hydrogen (secondary N) is 2. The first-order valence-electron chi connectivity index (χ1n) is 8.01. The van der Waals surface area contributed by atoms with E-state index in [0.29, 0.717) is 12.0 Å². The molecule has 1 aliphatic carbocycles. The molecule has 2 N–H and O–H groups in total. The molecule has 0 amide bonds. The molecule has 1 aliphatic heterocycles. The van der Waals surface area contributed by atoms with Gasteiger partial charge in [0.25, 0.3) is 0 Å². The summed E-state index contributed by atoms with van der Waals surface area (Å²) in [5, 5.41) is 6.99. The van der Waals surface area contributed by atoms with Crippen molar-refractivity contribution in [3.63, 3.8) is 0 Å².